The molecule has 0 bridgehead atoms. The first-order valence-corrected chi connectivity index (χ1v) is 44.8. The van der Waals surface area contributed by atoms with E-state index < -0.39 is 78.0 Å². The molecule has 4 amide bonds. The van der Waals surface area contributed by atoms with Gasteiger partial charge in [0.05, 0.1) is 109 Å². The first-order valence-electron chi connectivity index (χ1n) is 39.5. The first-order chi connectivity index (χ1) is 62.4. The van der Waals surface area contributed by atoms with E-state index in [0.717, 1.165) is 12.1 Å². The zero-order valence-corrected chi connectivity index (χ0v) is 80.2. The number of aromatic carboxylic acids is 1. The van der Waals surface area contributed by atoms with Crippen molar-refractivity contribution < 1.29 is 157 Å². The van der Waals surface area contributed by atoms with Crippen LogP contribution >= 0.6 is 10.7 Å². The standard InChI is InChI=1S/2C20H22FNO5S.C15H13FN2O4.C15H15FN2O2.C8H7NO5.C7H8FN.C4H7ClO3S.BH.U.H2/c2*1-13-9-15(4-5-18(13)21)22-20(23)17-10-14(3-6-19(17)26-2)12-28(24,25)16-7-8-27-11-16;1-9-7-10(3-5-13(9)16)17-15(19)12-8-11(18(20)21)4-6-14(12)22-2;1-9-7-11(4-5-13(9)16)18-15(19)12-8-10(17)3-6-14(12)20-2;1-14-7-3-2-5(9(12)13)4-6(7)8(10)11;1-5-4-6(9)2-3-7(5)8;5-9(6,7)4-1-2-8-3-4;;;/h2*3-6,9-10,16H,7-8,11-12H2,1-2H3,(H,22,23);3-8H,1-2H3,(H,17,19);3-8H,17H2,1-2H3,(H,18,19);2-4H,1H3,(H,10,11);2-4H,9H2,1H3;4H,1-3H2;1H;;1H/t2*16-;;;;;;;;/m10......../s1/i;;;;;;;1D;;. The third-order valence-electron chi connectivity index (χ3n) is 19.4. The molecule has 3 atom stereocenters. The van der Waals surface area contributed by atoms with Crippen LogP contribution in [0.1, 0.15) is 111 Å². The molecular formula is C89H97BClF5N8O24S3U. The van der Waals surface area contributed by atoms with E-state index in [4.69, 9.17) is 66.5 Å². The minimum Gasteiger partial charge on any atom is -0.496 e. The maximum atomic E-state index is 13.4. The molecule has 9 N–H and O–H groups in total. The molecule has 2 radical (unpaired) electrons. The molecule has 0 spiro atoms. The molecule has 3 saturated heterocycles. The predicted octanol–water partition coefficient (Wildman–Crippen LogP) is 15.4. The Kier molecular flexibility index (Phi) is 42.3. The van der Waals surface area contributed by atoms with E-state index in [1.54, 1.807) is 89.2 Å². The van der Waals surface area contributed by atoms with Gasteiger partial charge in [-0.3, -0.25) is 39.4 Å². The Morgan fingerprint density at radius 1 is 0.424 bits per heavy atom. The number of benzene rings is 10. The van der Waals surface area contributed by atoms with Crippen molar-refractivity contribution in [1.82, 2.24) is 0 Å². The second-order valence-electron chi connectivity index (χ2n) is 28.8. The molecule has 0 aliphatic carbocycles. The molecule has 3 aliphatic heterocycles. The summed E-state index contributed by atoms with van der Waals surface area (Å²) in [6.45, 7) is 10.1. The second-order valence-corrected chi connectivity index (χ2v) is 36.3. The quantitative estimate of drug-likeness (QED) is 0.00781. The Morgan fingerprint density at radius 3 is 0.947 bits per heavy atom. The smallest absolute Gasteiger partial charge is 0.339 e. The van der Waals surface area contributed by atoms with Crippen LogP contribution in [0.4, 0.5) is 67.5 Å². The molecule has 10 aromatic rings. The van der Waals surface area contributed by atoms with Gasteiger partial charge in [0.25, 0.3) is 35.0 Å². The summed E-state index contributed by atoms with van der Waals surface area (Å²) in [5.41, 5.74) is 17.2. The number of halogens is 6. The van der Waals surface area contributed by atoms with Crippen LogP contribution in [0.3, 0.4) is 0 Å². The number of rotatable bonds is 23. The number of hydrogen-bond donors (Lipinski definition) is 7. The number of nitrogens with two attached hydrogens (primary N) is 2. The van der Waals surface area contributed by atoms with Gasteiger partial charge >= 0.3 is 5.97 Å². The number of methoxy groups -OCH3 is 5. The summed E-state index contributed by atoms with van der Waals surface area (Å²) in [5.74, 6) is -3.74. The molecule has 13 rings (SSSR count). The van der Waals surface area contributed by atoms with Gasteiger partial charge in [0.2, 0.25) is 9.05 Å². The molecule has 3 fully saturated rings. The van der Waals surface area contributed by atoms with Crippen molar-refractivity contribution in [2.75, 3.05) is 108 Å². The van der Waals surface area contributed by atoms with Gasteiger partial charge in [-0.1, -0.05) is 12.1 Å². The Labute approximate surface area is 791 Å². The number of nitro groups is 2. The number of aryl methyl sites for hydroxylation is 5. The number of carboxylic acids is 1. The zero-order chi connectivity index (χ0) is 98.1. The number of sulfone groups is 2. The number of carbonyl (C=O) groups is 5. The largest absolute Gasteiger partial charge is 0.496 e. The van der Waals surface area contributed by atoms with Gasteiger partial charge in [0.15, 0.2) is 19.7 Å². The van der Waals surface area contributed by atoms with Crippen LogP contribution in [0.15, 0.2) is 182 Å². The number of amides is 4. The number of nitrogen functional groups attached to an aromatic ring is 2. The number of ether oxygens (including phenoxy) is 8. The molecule has 3 aliphatic rings. The number of nitro benzene ring substituents is 2. The van der Waals surface area contributed by atoms with E-state index in [-0.39, 0.29) is 144 Å². The molecular weight excluding hydrogens is 2040 g/mol. The first kappa shape index (κ1) is 108. The maximum absolute atomic E-state index is 13.4. The van der Waals surface area contributed by atoms with E-state index >= 15 is 0 Å². The molecule has 704 valence electrons. The maximum Gasteiger partial charge on any atom is 0.339 e. The van der Waals surface area contributed by atoms with Gasteiger partial charge in [-0.25, -0.2) is 52.0 Å². The van der Waals surface area contributed by atoms with Crippen molar-refractivity contribution in [2.24, 2.45) is 0 Å². The van der Waals surface area contributed by atoms with E-state index in [0.29, 0.717) is 135 Å². The SMILES string of the molecule is COc1ccc(CS(=O)(=O)[C@@H]2CCOC2)cc1C(=O)Nc1ccc(F)c(C)c1.COc1ccc(CS(=O)(=O)[C@H]2CCOC2)cc1C(=O)Nc1ccc(F)c(C)c1.COc1ccc(N)cc1C(=O)Nc1ccc(F)c(C)c1.COc1ccc([N+](=O)[O-])cc1C(=O)Nc1ccc(F)c(C)c1.COc1ccc([N+](=O)[O-])cc1C(=O)O.Cc1cc(N)ccc1F.O=S(=O)(Cl)C1CCOC1.[2H][B].[HH].[U]. The number of carboxylic acid groups (broad SMARTS) is 1. The summed E-state index contributed by atoms with van der Waals surface area (Å²) in [5, 5.41) is 39.0. The van der Waals surface area contributed by atoms with Crippen LogP contribution < -0.4 is 56.4 Å². The summed E-state index contributed by atoms with van der Waals surface area (Å²) in [6.07, 6.45) is 1.50. The third kappa shape index (κ3) is 32.9. The van der Waals surface area contributed by atoms with Crippen molar-refractivity contribution in [3.05, 3.63) is 298 Å². The Bertz CT molecular complexity index is 6000. The summed E-state index contributed by atoms with van der Waals surface area (Å²) < 4.78 is 183. The Balaban J connectivity index is 0.000000335. The average Bonchev–Trinajstić information content (AvgIpc) is 1.49. The Morgan fingerprint density at radius 2 is 0.682 bits per heavy atom. The number of non-ortho nitro benzene ring substituents is 2. The van der Waals surface area contributed by atoms with E-state index in [2.05, 4.69) is 29.6 Å². The molecule has 32 nitrogen and oxygen atoms in total. The molecule has 43 heteroatoms. The number of anilines is 6. The van der Waals surface area contributed by atoms with Gasteiger partial charge in [0, 0.05) is 130 Å². The van der Waals surface area contributed by atoms with Gasteiger partial charge in [-0.2, -0.15) is 0 Å². The van der Waals surface area contributed by atoms with E-state index in [1.807, 2.05) is 0 Å². The van der Waals surface area contributed by atoms with Gasteiger partial charge < -0.3 is 75.7 Å². The van der Waals surface area contributed by atoms with Crippen molar-refractivity contribution in [3.63, 3.8) is 0 Å². The molecule has 1 unspecified atom stereocenters. The Hall–Kier alpha value is -12.3. The van der Waals surface area contributed by atoms with Crippen LogP contribution in [0.2, 0.25) is 0 Å². The minimum absolute atomic E-state index is 0. The molecule has 3 heterocycles. The van der Waals surface area contributed by atoms with Gasteiger partial charge in [-0.15, -0.1) is 0 Å². The molecule has 10 aromatic carbocycles. The van der Waals surface area contributed by atoms with E-state index in [9.17, 15) is 91.4 Å². The monoisotopic (exact) mass is 2140 g/mol. The van der Waals surface area contributed by atoms with Crippen LogP contribution in [-0.4, -0.2) is 170 Å². The van der Waals surface area contributed by atoms with Crippen LogP contribution in [0.25, 0.3) is 0 Å². The van der Waals surface area contributed by atoms with Crippen molar-refractivity contribution >= 4 is 123 Å². The van der Waals surface area contributed by atoms with Gasteiger partial charge in [0.1, 0.15) is 68.6 Å². The van der Waals surface area contributed by atoms with E-state index in [1.165, 1.54) is 151 Å². The summed E-state index contributed by atoms with van der Waals surface area (Å²) >= 11 is 0. The van der Waals surface area contributed by atoms with Crippen LogP contribution in [0.5, 0.6) is 28.7 Å². The normalized spacial score (nSPS) is 14.0. The second kappa shape index (κ2) is 51.5. The topological polar surface area (TPSA) is 468 Å². The molecule has 132 heavy (non-hydrogen) atoms. The number of hydrogen-bond acceptors (Lipinski definition) is 25. The van der Waals surface area contributed by atoms with Crippen LogP contribution in [-0.2, 0) is 54.4 Å². The van der Waals surface area contributed by atoms with Gasteiger partial charge in [-0.05, 0) is 240 Å². The average molecular weight is 2140 g/mol. The number of nitrogens with zero attached hydrogens (tertiary/aromatic N) is 2. The van der Waals surface area contributed by atoms with Crippen LogP contribution in [0, 0.1) is 115 Å². The number of carbonyl (C=O) groups excluding carboxylic acids is 4. The fourth-order valence-corrected chi connectivity index (χ4v) is 16.6. The fraction of sp³-hybridized carbons (Fsp3) is 0.270. The zero-order valence-electron chi connectivity index (χ0n) is 73.8. The summed E-state index contributed by atoms with van der Waals surface area (Å²) in [7, 11) is 5.66. The predicted molar refractivity (Wildman–Crippen MR) is 489 cm³/mol. The third-order valence-corrected chi connectivity index (χ3v) is 25.6. The van der Waals surface area contributed by atoms with Crippen molar-refractivity contribution in [2.45, 2.75) is 81.1 Å². The summed E-state index contributed by atoms with van der Waals surface area (Å²) in [6, 6.07) is 42.9. The molecule has 0 saturated carbocycles. The molecule has 0 aromatic heterocycles. The van der Waals surface area contributed by atoms with Crippen molar-refractivity contribution in [3.8, 4) is 28.7 Å². The summed E-state index contributed by atoms with van der Waals surface area (Å²) in [4.78, 5) is 80.4. The van der Waals surface area contributed by atoms with Crippen molar-refractivity contribution in [1.29, 1.82) is 1.34 Å². The fourth-order valence-electron chi connectivity index (χ4n) is 12.3. The number of nitrogens with one attached hydrogen (secondary N) is 4. The minimum atomic E-state index is -3.38.